The van der Waals surface area contributed by atoms with E-state index in [0.717, 1.165) is 5.76 Å². The van der Waals surface area contributed by atoms with Crippen LogP contribution in [0.4, 0.5) is 0 Å². The van der Waals surface area contributed by atoms with Crippen LogP contribution in [0.1, 0.15) is 10.6 Å². The summed E-state index contributed by atoms with van der Waals surface area (Å²) >= 11 is 1.72. The lowest BCUT2D eigenvalue weighted by Gasteiger charge is -1.82. The van der Waals surface area contributed by atoms with Gasteiger partial charge in [-0.3, -0.25) is 0 Å². The monoisotopic (exact) mass is 176 g/mol. The molecule has 2 aromatic rings. The Morgan fingerprint density at radius 2 is 2.17 bits per heavy atom. The third-order valence-electron chi connectivity index (χ3n) is 1.50. The Bertz CT molecular complexity index is 307. The van der Waals surface area contributed by atoms with Crippen LogP contribution in [0.5, 0.6) is 0 Å². The summed E-state index contributed by atoms with van der Waals surface area (Å²) in [7, 11) is 0. The Morgan fingerprint density at radius 1 is 1.17 bits per heavy atom. The maximum Gasteiger partial charge on any atom is 0.126 e. The first kappa shape index (κ1) is 7.37. The predicted octanol–water partition coefficient (Wildman–Crippen LogP) is 3.51. The van der Waals surface area contributed by atoms with Gasteiger partial charge in [0.05, 0.1) is 6.26 Å². The van der Waals surface area contributed by atoms with Gasteiger partial charge in [-0.05, 0) is 35.7 Å². The van der Waals surface area contributed by atoms with Crippen LogP contribution >= 0.6 is 11.3 Å². The van der Waals surface area contributed by atoms with Crippen molar-refractivity contribution in [1.29, 1.82) is 0 Å². The van der Waals surface area contributed by atoms with Gasteiger partial charge in [-0.1, -0.05) is 6.07 Å². The van der Waals surface area contributed by atoms with Crippen LogP contribution in [0, 0.1) is 0 Å². The van der Waals surface area contributed by atoms with E-state index in [2.05, 4.69) is 11.4 Å². The van der Waals surface area contributed by atoms with Gasteiger partial charge in [0.2, 0.25) is 0 Å². The molecule has 0 bridgehead atoms. The molecule has 0 fully saturated rings. The first-order valence-corrected chi connectivity index (χ1v) is 4.58. The van der Waals surface area contributed by atoms with Gasteiger partial charge in [0.1, 0.15) is 5.76 Å². The predicted molar refractivity (Wildman–Crippen MR) is 52.0 cm³/mol. The molecule has 0 spiro atoms. The minimum absolute atomic E-state index is 0.892. The second-order valence-electron chi connectivity index (χ2n) is 2.36. The van der Waals surface area contributed by atoms with Crippen molar-refractivity contribution in [2.24, 2.45) is 0 Å². The molecule has 1 nitrogen and oxygen atoms in total. The fourth-order valence-corrected chi connectivity index (χ4v) is 1.55. The Kier molecular flexibility index (Phi) is 2.10. The molecule has 0 aliphatic rings. The molecule has 0 amide bonds. The van der Waals surface area contributed by atoms with Crippen LogP contribution in [0.25, 0.3) is 12.2 Å². The first-order valence-electron chi connectivity index (χ1n) is 3.70. The minimum Gasteiger partial charge on any atom is -0.465 e. The Hall–Kier alpha value is -1.28. The van der Waals surface area contributed by atoms with E-state index in [9.17, 15) is 0 Å². The van der Waals surface area contributed by atoms with Crippen molar-refractivity contribution in [1.82, 2.24) is 0 Å². The lowest BCUT2D eigenvalue weighted by molar-refractivity contribution is 0.557. The van der Waals surface area contributed by atoms with E-state index >= 15 is 0 Å². The van der Waals surface area contributed by atoms with Crippen molar-refractivity contribution in [2.45, 2.75) is 0 Å². The molecule has 0 aliphatic heterocycles. The average molecular weight is 176 g/mol. The zero-order valence-electron chi connectivity index (χ0n) is 6.44. The van der Waals surface area contributed by atoms with Gasteiger partial charge < -0.3 is 4.42 Å². The summed E-state index contributed by atoms with van der Waals surface area (Å²) in [5.41, 5.74) is 0. The number of thiophene rings is 1. The highest BCUT2D eigenvalue weighted by Gasteiger charge is 1.88. The van der Waals surface area contributed by atoms with Gasteiger partial charge >= 0.3 is 0 Å². The molecule has 0 atom stereocenters. The summed E-state index contributed by atoms with van der Waals surface area (Å²) < 4.78 is 5.15. The van der Waals surface area contributed by atoms with Gasteiger partial charge in [-0.15, -0.1) is 11.3 Å². The van der Waals surface area contributed by atoms with Gasteiger partial charge in [0, 0.05) is 4.88 Å². The quantitative estimate of drug-likeness (QED) is 0.682. The number of rotatable bonds is 2. The summed E-state index contributed by atoms with van der Waals surface area (Å²) in [5.74, 6) is 0.892. The summed E-state index contributed by atoms with van der Waals surface area (Å²) in [6.07, 6.45) is 5.68. The zero-order valence-corrected chi connectivity index (χ0v) is 7.25. The van der Waals surface area contributed by atoms with Crippen molar-refractivity contribution in [3.63, 3.8) is 0 Å². The standard InChI is InChI=1S/C10H8OS/c1-3-9(11-7-1)5-6-10-4-2-8-12-10/h1-8H/b6-5+. The maximum absolute atomic E-state index is 5.15. The van der Waals surface area contributed by atoms with E-state index in [1.54, 1.807) is 17.6 Å². The van der Waals surface area contributed by atoms with Gasteiger partial charge in [-0.2, -0.15) is 0 Å². The van der Waals surface area contributed by atoms with Crippen LogP contribution in [-0.4, -0.2) is 0 Å². The number of hydrogen-bond acceptors (Lipinski definition) is 2. The third-order valence-corrected chi connectivity index (χ3v) is 2.34. The molecule has 12 heavy (non-hydrogen) atoms. The van der Waals surface area contributed by atoms with Gasteiger partial charge in [0.25, 0.3) is 0 Å². The topological polar surface area (TPSA) is 13.1 Å². The molecule has 2 rings (SSSR count). The molecule has 0 saturated heterocycles. The van der Waals surface area contributed by atoms with Crippen molar-refractivity contribution in [2.75, 3.05) is 0 Å². The summed E-state index contributed by atoms with van der Waals surface area (Å²) in [6, 6.07) is 7.93. The van der Waals surface area contributed by atoms with Gasteiger partial charge in [-0.25, -0.2) is 0 Å². The largest absolute Gasteiger partial charge is 0.465 e. The molecule has 0 aliphatic carbocycles. The lowest BCUT2D eigenvalue weighted by atomic mass is 10.3. The molecule has 2 heterocycles. The van der Waals surface area contributed by atoms with Gasteiger partial charge in [0.15, 0.2) is 0 Å². The Labute approximate surface area is 75.0 Å². The summed E-state index contributed by atoms with van der Waals surface area (Å²) in [4.78, 5) is 1.24. The molecule has 60 valence electrons. The van der Waals surface area contributed by atoms with E-state index < -0.39 is 0 Å². The molecular weight excluding hydrogens is 168 g/mol. The van der Waals surface area contributed by atoms with E-state index in [4.69, 9.17) is 4.42 Å². The summed E-state index contributed by atoms with van der Waals surface area (Å²) in [5, 5.41) is 2.06. The lowest BCUT2D eigenvalue weighted by Crippen LogP contribution is -1.59. The van der Waals surface area contributed by atoms with Crippen LogP contribution in [0.15, 0.2) is 40.3 Å². The van der Waals surface area contributed by atoms with E-state index in [1.165, 1.54) is 4.88 Å². The van der Waals surface area contributed by atoms with E-state index in [1.807, 2.05) is 30.4 Å². The molecule has 2 heteroatoms. The van der Waals surface area contributed by atoms with Crippen LogP contribution < -0.4 is 0 Å². The highest BCUT2D eigenvalue weighted by molar-refractivity contribution is 7.10. The molecule has 2 aromatic heterocycles. The zero-order chi connectivity index (χ0) is 8.23. The normalized spacial score (nSPS) is 11.0. The summed E-state index contributed by atoms with van der Waals surface area (Å²) in [6.45, 7) is 0. The van der Waals surface area contributed by atoms with Crippen LogP contribution in [0.3, 0.4) is 0 Å². The molecule has 0 unspecified atom stereocenters. The maximum atomic E-state index is 5.15. The number of hydrogen-bond donors (Lipinski definition) is 0. The van der Waals surface area contributed by atoms with Crippen molar-refractivity contribution in [3.8, 4) is 0 Å². The van der Waals surface area contributed by atoms with Crippen molar-refractivity contribution < 1.29 is 4.42 Å². The highest BCUT2D eigenvalue weighted by Crippen LogP contribution is 2.13. The fourth-order valence-electron chi connectivity index (χ4n) is 0.936. The number of furan rings is 1. The Morgan fingerprint density at radius 3 is 2.83 bits per heavy atom. The second-order valence-corrected chi connectivity index (χ2v) is 3.34. The molecule has 0 aromatic carbocycles. The molecule has 0 radical (unpaired) electrons. The van der Waals surface area contributed by atoms with E-state index in [-0.39, 0.29) is 0 Å². The SMILES string of the molecule is C(=C\c1cccs1)/c1ccco1. The third kappa shape index (κ3) is 1.66. The van der Waals surface area contributed by atoms with E-state index in [0.29, 0.717) is 0 Å². The average Bonchev–Trinajstić information content (AvgIpc) is 2.74. The highest BCUT2D eigenvalue weighted by atomic mass is 32.1. The molecular formula is C10H8OS. The van der Waals surface area contributed by atoms with Crippen LogP contribution in [0.2, 0.25) is 0 Å². The molecule has 0 N–H and O–H groups in total. The first-order chi connectivity index (χ1) is 5.95. The van der Waals surface area contributed by atoms with Crippen molar-refractivity contribution >= 4 is 23.5 Å². The fraction of sp³-hybridized carbons (Fsp3) is 0. The second kappa shape index (κ2) is 3.41. The van der Waals surface area contributed by atoms with Crippen molar-refractivity contribution in [3.05, 3.63) is 46.5 Å². The smallest absolute Gasteiger partial charge is 0.126 e. The minimum atomic E-state index is 0.892. The molecule has 0 saturated carbocycles. The van der Waals surface area contributed by atoms with Crippen LogP contribution in [-0.2, 0) is 0 Å². The Balaban J connectivity index is 2.14.